The topological polar surface area (TPSA) is 49.4 Å². The monoisotopic (exact) mass is 370 g/mol. The van der Waals surface area contributed by atoms with E-state index in [1.54, 1.807) is 17.0 Å². The molecule has 27 heavy (non-hydrogen) atoms. The molecule has 0 aromatic heterocycles. The van der Waals surface area contributed by atoms with Crippen molar-refractivity contribution < 1.29 is 14.0 Å². The van der Waals surface area contributed by atoms with Gasteiger partial charge in [0.1, 0.15) is 11.9 Å². The zero-order chi connectivity index (χ0) is 19.6. The van der Waals surface area contributed by atoms with Crippen molar-refractivity contribution in [2.24, 2.45) is 0 Å². The molecule has 144 valence electrons. The van der Waals surface area contributed by atoms with Gasteiger partial charge in [0.15, 0.2) is 0 Å². The molecule has 0 saturated heterocycles. The van der Waals surface area contributed by atoms with E-state index in [-0.39, 0.29) is 24.1 Å². The molecule has 0 heterocycles. The summed E-state index contributed by atoms with van der Waals surface area (Å²) in [5.74, 6) is -0.621. The number of nitrogens with zero attached hydrogens (tertiary/aromatic N) is 1. The highest BCUT2D eigenvalue weighted by atomic mass is 19.1. The average molecular weight is 370 g/mol. The van der Waals surface area contributed by atoms with E-state index in [0.29, 0.717) is 19.5 Å². The standard InChI is InChI=1S/C22H27FN2O2/c1-3-14-24-22(27)20(4-2)25(16-18-8-6-5-7-9-18)21(26)15-17-10-12-19(23)13-11-17/h5-13,20H,3-4,14-16H2,1-2H3,(H,24,27)/t20-/m1/s1. The summed E-state index contributed by atoms with van der Waals surface area (Å²) in [6.07, 6.45) is 1.49. The Morgan fingerprint density at radius 1 is 1.00 bits per heavy atom. The number of hydrogen-bond donors (Lipinski definition) is 1. The van der Waals surface area contributed by atoms with Crippen LogP contribution in [0.2, 0.25) is 0 Å². The molecule has 1 N–H and O–H groups in total. The Bertz CT molecular complexity index is 732. The van der Waals surface area contributed by atoms with Gasteiger partial charge in [0.2, 0.25) is 11.8 Å². The van der Waals surface area contributed by atoms with Crippen LogP contribution in [0, 0.1) is 5.82 Å². The number of benzene rings is 2. The van der Waals surface area contributed by atoms with Crippen molar-refractivity contribution in [1.82, 2.24) is 10.2 Å². The number of nitrogens with one attached hydrogen (secondary N) is 1. The number of halogens is 1. The Balaban J connectivity index is 2.22. The zero-order valence-corrected chi connectivity index (χ0v) is 16.0. The third kappa shape index (κ3) is 6.20. The van der Waals surface area contributed by atoms with Crippen molar-refractivity contribution in [3.05, 3.63) is 71.5 Å². The third-order valence-electron chi connectivity index (χ3n) is 4.40. The van der Waals surface area contributed by atoms with Crippen LogP contribution in [-0.4, -0.2) is 29.3 Å². The van der Waals surface area contributed by atoms with Gasteiger partial charge in [-0.3, -0.25) is 9.59 Å². The lowest BCUT2D eigenvalue weighted by atomic mass is 10.1. The number of carbonyl (C=O) groups excluding carboxylic acids is 2. The van der Waals surface area contributed by atoms with Gasteiger partial charge < -0.3 is 10.2 Å². The summed E-state index contributed by atoms with van der Waals surface area (Å²) in [5.41, 5.74) is 1.69. The lowest BCUT2D eigenvalue weighted by Gasteiger charge is -2.30. The maximum atomic E-state index is 13.1. The van der Waals surface area contributed by atoms with Crippen molar-refractivity contribution in [1.29, 1.82) is 0 Å². The normalized spacial score (nSPS) is 11.7. The van der Waals surface area contributed by atoms with E-state index in [4.69, 9.17) is 0 Å². The zero-order valence-electron chi connectivity index (χ0n) is 16.0. The fourth-order valence-electron chi connectivity index (χ4n) is 2.94. The molecule has 0 saturated carbocycles. The lowest BCUT2D eigenvalue weighted by molar-refractivity contribution is -0.140. The number of rotatable bonds is 9. The molecule has 4 nitrogen and oxygen atoms in total. The van der Waals surface area contributed by atoms with Crippen LogP contribution in [0.4, 0.5) is 4.39 Å². The Morgan fingerprint density at radius 2 is 1.67 bits per heavy atom. The summed E-state index contributed by atoms with van der Waals surface area (Å²) >= 11 is 0. The molecule has 2 aromatic carbocycles. The van der Waals surface area contributed by atoms with Crippen molar-refractivity contribution >= 4 is 11.8 Å². The molecule has 0 spiro atoms. The highest BCUT2D eigenvalue weighted by Gasteiger charge is 2.28. The van der Waals surface area contributed by atoms with Crippen molar-refractivity contribution in [2.45, 2.75) is 45.7 Å². The minimum atomic E-state index is -0.537. The first-order valence-electron chi connectivity index (χ1n) is 9.40. The van der Waals surface area contributed by atoms with Gasteiger partial charge in [-0.2, -0.15) is 0 Å². The van der Waals surface area contributed by atoms with Crippen LogP contribution in [-0.2, 0) is 22.6 Å². The Hall–Kier alpha value is -2.69. The van der Waals surface area contributed by atoms with E-state index < -0.39 is 6.04 Å². The van der Waals surface area contributed by atoms with E-state index in [1.165, 1.54) is 12.1 Å². The molecular formula is C22H27FN2O2. The molecule has 1 atom stereocenters. The fourth-order valence-corrected chi connectivity index (χ4v) is 2.94. The van der Waals surface area contributed by atoms with E-state index in [1.807, 2.05) is 44.2 Å². The van der Waals surface area contributed by atoms with Gasteiger partial charge in [-0.1, -0.05) is 56.3 Å². The van der Waals surface area contributed by atoms with Gasteiger partial charge in [0.25, 0.3) is 0 Å². The molecule has 0 aliphatic rings. The van der Waals surface area contributed by atoms with Crippen LogP contribution in [0.1, 0.15) is 37.8 Å². The van der Waals surface area contributed by atoms with Crippen molar-refractivity contribution in [3.8, 4) is 0 Å². The van der Waals surface area contributed by atoms with E-state index >= 15 is 0 Å². The second-order valence-electron chi connectivity index (χ2n) is 6.53. The second-order valence-corrected chi connectivity index (χ2v) is 6.53. The molecule has 0 fully saturated rings. The summed E-state index contributed by atoms with van der Waals surface area (Å²) in [7, 11) is 0. The van der Waals surface area contributed by atoms with Gasteiger partial charge in [-0.15, -0.1) is 0 Å². The summed E-state index contributed by atoms with van der Waals surface area (Å²) in [6.45, 7) is 4.83. The van der Waals surface area contributed by atoms with Crippen LogP contribution < -0.4 is 5.32 Å². The highest BCUT2D eigenvalue weighted by Crippen LogP contribution is 2.15. The minimum Gasteiger partial charge on any atom is -0.354 e. The van der Waals surface area contributed by atoms with E-state index in [2.05, 4.69) is 5.32 Å². The molecule has 0 aliphatic carbocycles. The number of carbonyl (C=O) groups is 2. The first kappa shape index (κ1) is 20.6. The average Bonchev–Trinajstić information content (AvgIpc) is 2.68. The van der Waals surface area contributed by atoms with Crippen LogP contribution in [0.25, 0.3) is 0 Å². The largest absolute Gasteiger partial charge is 0.354 e. The number of amides is 2. The van der Waals surface area contributed by atoms with Gasteiger partial charge in [0.05, 0.1) is 6.42 Å². The van der Waals surface area contributed by atoms with Gasteiger partial charge in [-0.05, 0) is 36.1 Å². The summed E-state index contributed by atoms with van der Waals surface area (Å²) < 4.78 is 13.1. The number of hydrogen-bond acceptors (Lipinski definition) is 2. The van der Waals surface area contributed by atoms with Gasteiger partial charge in [0, 0.05) is 13.1 Å². The van der Waals surface area contributed by atoms with E-state index in [9.17, 15) is 14.0 Å². The van der Waals surface area contributed by atoms with Crippen molar-refractivity contribution in [3.63, 3.8) is 0 Å². The molecular weight excluding hydrogens is 343 g/mol. The molecule has 0 unspecified atom stereocenters. The Kier molecular flexibility index (Phi) is 7.99. The quantitative estimate of drug-likeness (QED) is 0.732. The van der Waals surface area contributed by atoms with E-state index in [0.717, 1.165) is 17.5 Å². The maximum Gasteiger partial charge on any atom is 0.242 e. The minimum absolute atomic E-state index is 0.130. The lowest BCUT2D eigenvalue weighted by Crippen LogP contribution is -2.49. The smallest absolute Gasteiger partial charge is 0.242 e. The third-order valence-corrected chi connectivity index (χ3v) is 4.40. The summed E-state index contributed by atoms with van der Waals surface area (Å²) in [4.78, 5) is 27.3. The molecule has 0 radical (unpaired) electrons. The van der Waals surface area contributed by atoms with Gasteiger partial charge in [-0.25, -0.2) is 4.39 Å². The predicted octanol–water partition coefficient (Wildman–Crippen LogP) is 3.70. The molecule has 2 aromatic rings. The second kappa shape index (κ2) is 10.5. The Morgan fingerprint density at radius 3 is 2.26 bits per heavy atom. The first-order valence-corrected chi connectivity index (χ1v) is 9.40. The van der Waals surface area contributed by atoms with Gasteiger partial charge >= 0.3 is 0 Å². The SMILES string of the molecule is CCCNC(=O)[C@@H](CC)N(Cc1ccccc1)C(=O)Cc1ccc(F)cc1. The molecule has 2 amide bonds. The molecule has 0 bridgehead atoms. The van der Waals surface area contributed by atoms with Crippen molar-refractivity contribution in [2.75, 3.05) is 6.54 Å². The highest BCUT2D eigenvalue weighted by molar-refractivity contribution is 5.88. The van der Waals surface area contributed by atoms with Crippen LogP contribution in [0.15, 0.2) is 54.6 Å². The maximum absolute atomic E-state index is 13.1. The molecule has 5 heteroatoms. The Labute approximate surface area is 160 Å². The summed E-state index contributed by atoms with van der Waals surface area (Å²) in [6, 6.07) is 15.0. The van der Waals surface area contributed by atoms with Crippen LogP contribution >= 0.6 is 0 Å². The molecule has 2 rings (SSSR count). The fraction of sp³-hybridized carbons (Fsp3) is 0.364. The summed E-state index contributed by atoms with van der Waals surface area (Å²) in [5, 5.41) is 2.89. The molecule has 0 aliphatic heterocycles. The van der Waals surface area contributed by atoms with Crippen LogP contribution in [0.3, 0.4) is 0 Å². The van der Waals surface area contributed by atoms with Crippen LogP contribution in [0.5, 0.6) is 0 Å². The first-order chi connectivity index (χ1) is 13.0. The predicted molar refractivity (Wildman–Crippen MR) is 104 cm³/mol.